The summed E-state index contributed by atoms with van der Waals surface area (Å²) in [5, 5.41) is 23.7. The minimum atomic E-state index is -1.57. The van der Waals surface area contributed by atoms with Crippen LogP contribution in [0.3, 0.4) is 0 Å². The van der Waals surface area contributed by atoms with E-state index in [1.54, 1.807) is 6.07 Å². The average molecular weight is 284 g/mol. The second-order valence-corrected chi connectivity index (χ2v) is 6.04. The smallest absolute Gasteiger partial charge is 0.285 e. The first-order valence-corrected chi connectivity index (χ1v) is 7.43. The van der Waals surface area contributed by atoms with Crippen LogP contribution in [0.2, 0.25) is 0 Å². The summed E-state index contributed by atoms with van der Waals surface area (Å²) in [6.07, 6.45) is 1.46. The van der Waals surface area contributed by atoms with Crippen LogP contribution in [0, 0.1) is 10.1 Å². The number of nitrogens with zero attached hydrogens (tertiary/aromatic N) is 1. The molecule has 2 atom stereocenters. The van der Waals surface area contributed by atoms with Crippen LogP contribution in [0.25, 0.3) is 0 Å². The minimum Gasteiger partial charge on any atom is -0.391 e. The molecule has 7 heteroatoms. The zero-order valence-corrected chi connectivity index (χ0v) is 11.1. The van der Waals surface area contributed by atoms with E-state index < -0.39 is 21.8 Å². The maximum absolute atomic E-state index is 12.1. The number of hydrogen-bond acceptors (Lipinski definition) is 5. The van der Waals surface area contributed by atoms with E-state index in [0.29, 0.717) is 12.6 Å². The fourth-order valence-electron chi connectivity index (χ4n) is 1.71. The van der Waals surface area contributed by atoms with Crippen LogP contribution in [0.1, 0.15) is 12.8 Å². The third-order valence-electron chi connectivity index (χ3n) is 2.87. The number of nitrogens with one attached hydrogen (secondary N) is 1. The molecule has 1 fully saturated rings. The topological polar surface area (TPSA) is 92.5 Å². The number of rotatable bonds is 7. The molecule has 0 spiro atoms. The zero-order valence-electron chi connectivity index (χ0n) is 10.3. The van der Waals surface area contributed by atoms with Gasteiger partial charge >= 0.3 is 0 Å². The number of nitro benzene ring substituents is 1. The van der Waals surface area contributed by atoms with Gasteiger partial charge in [-0.15, -0.1) is 0 Å². The van der Waals surface area contributed by atoms with E-state index in [0.717, 1.165) is 12.8 Å². The number of aliphatic hydroxyl groups is 1. The third kappa shape index (κ3) is 4.09. The highest BCUT2D eigenvalue weighted by Gasteiger charge is 2.23. The van der Waals surface area contributed by atoms with E-state index in [1.165, 1.54) is 18.2 Å². The molecule has 1 aliphatic rings. The van der Waals surface area contributed by atoms with Crippen LogP contribution < -0.4 is 5.32 Å². The van der Waals surface area contributed by atoms with Crippen molar-refractivity contribution >= 4 is 16.5 Å². The molecule has 2 N–H and O–H groups in total. The van der Waals surface area contributed by atoms with E-state index in [-0.39, 0.29) is 16.3 Å². The fraction of sp³-hybridized carbons (Fsp3) is 0.500. The number of nitro groups is 1. The lowest BCUT2D eigenvalue weighted by Crippen LogP contribution is -2.32. The molecule has 1 saturated carbocycles. The minimum absolute atomic E-state index is 0.00454. The van der Waals surface area contributed by atoms with E-state index in [9.17, 15) is 19.4 Å². The van der Waals surface area contributed by atoms with Crippen molar-refractivity contribution in [3.05, 3.63) is 34.4 Å². The first-order chi connectivity index (χ1) is 9.08. The number of benzene rings is 1. The molecule has 0 heterocycles. The average Bonchev–Trinajstić information content (AvgIpc) is 3.20. The lowest BCUT2D eigenvalue weighted by Gasteiger charge is -2.11. The van der Waals surface area contributed by atoms with E-state index in [1.807, 2.05) is 0 Å². The van der Waals surface area contributed by atoms with Gasteiger partial charge in [0.25, 0.3) is 5.69 Å². The monoisotopic (exact) mass is 284 g/mol. The summed E-state index contributed by atoms with van der Waals surface area (Å²) in [6, 6.07) is 6.39. The maximum Gasteiger partial charge on any atom is 0.285 e. The summed E-state index contributed by atoms with van der Waals surface area (Å²) in [5.74, 6) is 0.00454. The number of para-hydroxylation sites is 1. The molecule has 0 amide bonds. The van der Waals surface area contributed by atoms with Gasteiger partial charge in [0.05, 0.1) is 27.6 Å². The maximum atomic E-state index is 12.1. The molecule has 2 rings (SSSR count). The van der Waals surface area contributed by atoms with Crippen molar-refractivity contribution in [2.45, 2.75) is 29.9 Å². The summed E-state index contributed by atoms with van der Waals surface area (Å²) < 4.78 is 12.1. The van der Waals surface area contributed by atoms with Gasteiger partial charge in [-0.05, 0) is 18.9 Å². The standard InChI is InChI=1S/C12H16N2O4S/c15-10(7-13-9-5-6-9)8-19(18)12-4-2-1-3-11(12)14(16)17/h1-4,9-10,13,15H,5-8H2. The normalized spacial score (nSPS) is 17.9. The Hall–Kier alpha value is -1.31. The van der Waals surface area contributed by atoms with Crippen molar-refractivity contribution in [2.24, 2.45) is 0 Å². The second kappa shape index (κ2) is 6.23. The Bertz CT molecular complexity index is 490. The molecule has 0 aliphatic heterocycles. The zero-order chi connectivity index (χ0) is 13.8. The Morgan fingerprint density at radius 1 is 1.47 bits per heavy atom. The molecular weight excluding hydrogens is 268 g/mol. The first kappa shape index (κ1) is 14.1. The molecule has 1 aromatic carbocycles. The number of aliphatic hydroxyl groups excluding tert-OH is 1. The van der Waals surface area contributed by atoms with Gasteiger partial charge < -0.3 is 10.4 Å². The van der Waals surface area contributed by atoms with Crippen molar-refractivity contribution in [2.75, 3.05) is 12.3 Å². The first-order valence-electron chi connectivity index (χ1n) is 6.11. The summed E-state index contributed by atoms with van der Waals surface area (Å²) in [7, 11) is -1.57. The summed E-state index contributed by atoms with van der Waals surface area (Å²) in [5.41, 5.74) is -0.164. The van der Waals surface area contributed by atoms with Gasteiger partial charge in [-0.3, -0.25) is 14.3 Å². The molecule has 6 nitrogen and oxygen atoms in total. The summed E-state index contributed by atoms with van der Waals surface area (Å²) >= 11 is 0. The van der Waals surface area contributed by atoms with Gasteiger partial charge in [-0.2, -0.15) is 0 Å². The van der Waals surface area contributed by atoms with Gasteiger partial charge in [0, 0.05) is 18.7 Å². The van der Waals surface area contributed by atoms with Crippen LogP contribution in [0.5, 0.6) is 0 Å². The van der Waals surface area contributed by atoms with Crippen LogP contribution in [-0.2, 0) is 10.8 Å². The highest BCUT2D eigenvalue weighted by Crippen LogP contribution is 2.22. The third-order valence-corrected chi connectivity index (χ3v) is 4.39. The Kier molecular flexibility index (Phi) is 4.62. The van der Waals surface area contributed by atoms with E-state index in [4.69, 9.17) is 0 Å². The van der Waals surface area contributed by atoms with Gasteiger partial charge in [0.2, 0.25) is 0 Å². The molecule has 1 aliphatic carbocycles. The van der Waals surface area contributed by atoms with Crippen molar-refractivity contribution in [3.63, 3.8) is 0 Å². The molecule has 0 bridgehead atoms. The summed E-state index contributed by atoms with van der Waals surface area (Å²) in [6.45, 7) is 0.372. The molecule has 104 valence electrons. The predicted molar refractivity (Wildman–Crippen MR) is 71.4 cm³/mol. The molecule has 0 saturated heterocycles. The lowest BCUT2D eigenvalue weighted by molar-refractivity contribution is -0.387. The highest BCUT2D eigenvalue weighted by atomic mass is 32.2. The molecule has 19 heavy (non-hydrogen) atoms. The van der Waals surface area contributed by atoms with E-state index >= 15 is 0 Å². The van der Waals surface area contributed by atoms with Gasteiger partial charge in [0.15, 0.2) is 0 Å². The van der Waals surface area contributed by atoms with Crippen molar-refractivity contribution in [3.8, 4) is 0 Å². The van der Waals surface area contributed by atoms with Crippen LogP contribution in [0.4, 0.5) is 5.69 Å². The second-order valence-electron chi connectivity index (χ2n) is 4.57. The molecular formula is C12H16N2O4S. The highest BCUT2D eigenvalue weighted by molar-refractivity contribution is 7.85. The largest absolute Gasteiger partial charge is 0.391 e. The Labute approximate surface area is 113 Å². The number of hydrogen-bond donors (Lipinski definition) is 2. The fourth-order valence-corrected chi connectivity index (χ4v) is 2.97. The van der Waals surface area contributed by atoms with Crippen molar-refractivity contribution < 1.29 is 14.2 Å². The molecule has 1 aromatic rings. The predicted octanol–water partition coefficient (Wildman–Crippen LogP) is 0.815. The van der Waals surface area contributed by atoms with Crippen molar-refractivity contribution in [1.29, 1.82) is 0 Å². The van der Waals surface area contributed by atoms with Gasteiger partial charge in [-0.25, -0.2) is 0 Å². The Balaban J connectivity index is 1.96. The van der Waals surface area contributed by atoms with E-state index in [2.05, 4.69) is 5.32 Å². The SMILES string of the molecule is O=[N+]([O-])c1ccccc1S(=O)CC(O)CNC1CC1. The Morgan fingerprint density at radius 3 is 2.79 bits per heavy atom. The molecule has 0 aromatic heterocycles. The Morgan fingerprint density at radius 2 is 2.16 bits per heavy atom. The lowest BCUT2D eigenvalue weighted by atomic mass is 10.3. The van der Waals surface area contributed by atoms with Crippen LogP contribution >= 0.6 is 0 Å². The quantitative estimate of drug-likeness (QED) is 0.571. The van der Waals surface area contributed by atoms with Crippen LogP contribution in [0.15, 0.2) is 29.2 Å². The molecule has 0 radical (unpaired) electrons. The van der Waals surface area contributed by atoms with Crippen LogP contribution in [-0.4, -0.2) is 38.7 Å². The van der Waals surface area contributed by atoms with Gasteiger partial charge in [0.1, 0.15) is 4.90 Å². The van der Waals surface area contributed by atoms with Crippen molar-refractivity contribution in [1.82, 2.24) is 5.32 Å². The summed E-state index contributed by atoms with van der Waals surface area (Å²) in [4.78, 5) is 10.4. The molecule has 2 unspecified atom stereocenters. The van der Waals surface area contributed by atoms with Gasteiger partial charge in [-0.1, -0.05) is 12.1 Å².